The number of alkyl halides is 3. The lowest BCUT2D eigenvalue weighted by atomic mass is 10.3. The minimum absolute atomic E-state index is 0.0876. The van der Waals surface area contributed by atoms with E-state index < -0.39 is 20.2 Å². The first-order valence-electron chi connectivity index (χ1n) is 7.74. The molecule has 0 N–H and O–H groups in total. The molecule has 0 saturated carbocycles. The lowest BCUT2D eigenvalue weighted by Gasteiger charge is -2.32. The van der Waals surface area contributed by atoms with Gasteiger partial charge in [-0.3, -0.25) is 4.79 Å². The minimum atomic E-state index is -4.88. The molecule has 0 unspecified atom stereocenters. The Morgan fingerprint density at radius 2 is 1.42 bits per heavy atom. The Kier molecular flexibility index (Phi) is 6.38. The molecule has 0 bridgehead atoms. The van der Waals surface area contributed by atoms with E-state index in [1.807, 2.05) is 19.1 Å². The molecule has 0 spiro atoms. The first kappa shape index (κ1) is 18.5. The first-order valence-corrected chi connectivity index (χ1v) is 9.03. The molecule has 2 rings (SSSR count). The maximum atomic E-state index is 13.1. The number of rotatable bonds is 6. The van der Waals surface area contributed by atoms with Crippen LogP contribution in [-0.4, -0.2) is 23.3 Å². The van der Waals surface area contributed by atoms with Crippen molar-refractivity contribution >= 4 is 24.6 Å². The number of amides is 1. The summed E-state index contributed by atoms with van der Waals surface area (Å²) in [6.07, 6.45) is -3.63. The molecule has 0 fully saturated rings. The van der Waals surface area contributed by atoms with Gasteiger partial charge in [0.1, 0.15) is 0 Å². The van der Waals surface area contributed by atoms with Gasteiger partial charge in [0.05, 0.1) is 8.07 Å². The highest BCUT2D eigenvalue weighted by Gasteiger charge is 2.45. The van der Waals surface area contributed by atoms with Crippen molar-refractivity contribution in [3.63, 3.8) is 0 Å². The summed E-state index contributed by atoms with van der Waals surface area (Å²) in [4.78, 5) is 12.1. The molecule has 2 aromatic rings. The van der Waals surface area contributed by atoms with Crippen LogP contribution in [0.3, 0.4) is 0 Å². The summed E-state index contributed by atoms with van der Waals surface area (Å²) in [5, 5.41) is 1.46. The highest BCUT2D eigenvalue weighted by molar-refractivity contribution is 7.71. The largest absolute Gasteiger partial charge is 0.471 e. The highest BCUT2D eigenvalue weighted by Crippen LogP contribution is 2.41. The Morgan fingerprint density at radius 3 is 1.79 bits per heavy atom. The van der Waals surface area contributed by atoms with Crippen LogP contribution in [0.5, 0.6) is 0 Å². The Bertz CT molecular complexity index is 607. The highest BCUT2D eigenvalue weighted by atomic mass is 31.1. The Hall–Kier alpha value is -1.87. The van der Waals surface area contributed by atoms with Crippen LogP contribution in [0.15, 0.2) is 60.7 Å². The van der Waals surface area contributed by atoms with Crippen molar-refractivity contribution in [2.24, 2.45) is 0 Å². The molecule has 0 aliphatic rings. The second-order valence-corrected chi connectivity index (χ2v) is 7.40. The van der Waals surface area contributed by atoms with E-state index in [4.69, 9.17) is 0 Å². The van der Waals surface area contributed by atoms with Gasteiger partial charge in [-0.05, 0) is 6.42 Å². The number of unbranched alkanes of at least 4 members (excludes halogenated alkanes) is 1. The van der Waals surface area contributed by atoms with Gasteiger partial charge in [0.2, 0.25) is 0 Å². The number of nitrogens with zero attached hydrogens (tertiary/aromatic N) is 1. The van der Waals surface area contributed by atoms with Crippen molar-refractivity contribution in [3.8, 4) is 0 Å². The predicted octanol–water partition coefficient (Wildman–Crippen LogP) is 4.23. The lowest BCUT2D eigenvalue weighted by molar-refractivity contribution is -0.180. The first-order chi connectivity index (χ1) is 11.4. The smallest absolute Gasteiger partial charge is 0.306 e. The van der Waals surface area contributed by atoms with Gasteiger partial charge in [-0.15, -0.1) is 0 Å². The third kappa shape index (κ3) is 4.57. The van der Waals surface area contributed by atoms with Gasteiger partial charge < -0.3 is 4.67 Å². The zero-order valence-electron chi connectivity index (χ0n) is 13.3. The van der Waals surface area contributed by atoms with Crippen LogP contribution < -0.4 is 10.6 Å². The number of benzene rings is 2. The molecule has 0 aromatic heterocycles. The summed E-state index contributed by atoms with van der Waals surface area (Å²) in [6, 6.07) is 17.9. The Balaban J connectivity index is 2.50. The van der Waals surface area contributed by atoms with Crippen LogP contribution in [0.2, 0.25) is 0 Å². The number of carbonyl (C=O) groups is 1. The fourth-order valence-corrected chi connectivity index (χ4v) is 4.71. The molecule has 0 aliphatic carbocycles. The van der Waals surface area contributed by atoms with E-state index in [1.54, 1.807) is 48.5 Å². The van der Waals surface area contributed by atoms with Gasteiger partial charge in [-0.1, -0.05) is 74.0 Å². The zero-order valence-corrected chi connectivity index (χ0v) is 14.2. The van der Waals surface area contributed by atoms with E-state index in [-0.39, 0.29) is 6.54 Å². The number of hydrogen-bond acceptors (Lipinski definition) is 1. The Morgan fingerprint density at radius 1 is 0.958 bits per heavy atom. The molecule has 128 valence electrons. The fraction of sp³-hybridized carbons (Fsp3) is 0.278. The van der Waals surface area contributed by atoms with Crippen LogP contribution in [0.1, 0.15) is 19.8 Å². The Labute approximate surface area is 141 Å². The van der Waals surface area contributed by atoms with Crippen molar-refractivity contribution < 1.29 is 18.0 Å². The predicted molar refractivity (Wildman–Crippen MR) is 91.7 cm³/mol. The lowest BCUT2D eigenvalue weighted by Crippen LogP contribution is -2.42. The van der Waals surface area contributed by atoms with Gasteiger partial charge in [0.25, 0.3) is 0 Å². The third-order valence-corrected chi connectivity index (χ3v) is 5.88. The second-order valence-electron chi connectivity index (χ2n) is 5.26. The molecule has 24 heavy (non-hydrogen) atoms. The molecule has 2 nitrogen and oxygen atoms in total. The monoisotopic (exact) mass is 353 g/mol. The molecule has 0 atom stereocenters. The minimum Gasteiger partial charge on any atom is -0.306 e. The normalized spacial score (nSPS) is 11.5. The average molecular weight is 353 g/mol. The van der Waals surface area contributed by atoms with Gasteiger partial charge in [-0.25, -0.2) is 0 Å². The van der Waals surface area contributed by atoms with E-state index in [0.29, 0.717) is 12.8 Å². The standard InChI is InChI=1S/C18H19F3NOP/c1-2-3-14-22(17(23)18(19,20)21)24(15-10-6-4-7-11-15)16-12-8-5-9-13-16/h4-13H,2-3,14H2,1H3. The summed E-state index contributed by atoms with van der Waals surface area (Å²) >= 11 is 0. The van der Waals surface area contributed by atoms with Crippen LogP contribution in [0.25, 0.3) is 0 Å². The van der Waals surface area contributed by atoms with Crippen molar-refractivity contribution in [1.82, 2.24) is 4.67 Å². The average Bonchev–Trinajstić information content (AvgIpc) is 2.58. The van der Waals surface area contributed by atoms with Crippen molar-refractivity contribution in [2.45, 2.75) is 25.9 Å². The van der Waals surface area contributed by atoms with E-state index in [1.165, 1.54) is 0 Å². The van der Waals surface area contributed by atoms with E-state index >= 15 is 0 Å². The quantitative estimate of drug-likeness (QED) is 0.712. The zero-order chi connectivity index (χ0) is 17.6. The summed E-state index contributed by atoms with van der Waals surface area (Å²) in [6.45, 7) is 1.98. The van der Waals surface area contributed by atoms with Crippen LogP contribution in [-0.2, 0) is 4.79 Å². The summed E-state index contributed by atoms with van der Waals surface area (Å²) in [7, 11) is -1.57. The van der Waals surface area contributed by atoms with Crippen molar-refractivity contribution in [1.29, 1.82) is 0 Å². The van der Waals surface area contributed by atoms with Crippen LogP contribution in [0, 0.1) is 0 Å². The number of carbonyl (C=O) groups excluding carboxylic acids is 1. The molecule has 0 heterocycles. The van der Waals surface area contributed by atoms with Gasteiger partial charge in [0.15, 0.2) is 0 Å². The molecule has 2 aromatic carbocycles. The second kappa shape index (κ2) is 8.29. The van der Waals surface area contributed by atoms with E-state index in [9.17, 15) is 18.0 Å². The van der Waals surface area contributed by atoms with E-state index in [2.05, 4.69) is 0 Å². The van der Waals surface area contributed by atoms with E-state index in [0.717, 1.165) is 15.3 Å². The fourth-order valence-electron chi connectivity index (χ4n) is 2.31. The van der Waals surface area contributed by atoms with Crippen LogP contribution >= 0.6 is 8.07 Å². The molecular weight excluding hydrogens is 334 g/mol. The van der Waals surface area contributed by atoms with Crippen molar-refractivity contribution in [3.05, 3.63) is 60.7 Å². The van der Waals surface area contributed by atoms with Gasteiger partial charge in [-0.2, -0.15) is 13.2 Å². The maximum Gasteiger partial charge on any atom is 0.471 e. The molecule has 0 aliphatic heterocycles. The molecular formula is C18H19F3NOP. The third-order valence-electron chi connectivity index (χ3n) is 3.44. The number of hydrogen-bond donors (Lipinski definition) is 0. The maximum absolute atomic E-state index is 13.1. The molecule has 6 heteroatoms. The van der Waals surface area contributed by atoms with Crippen LogP contribution in [0.4, 0.5) is 13.2 Å². The van der Waals surface area contributed by atoms with Gasteiger partial charge in [0, 0.05) is 17.2 Å². The summed E-state index contributed by atoms with van der Waals surface area (Å²) < 4.78 is 40.4. The number of halogens is 3. The molecule has 1 amide bonds. The topological polar surface area (TPSA) is 20.3 Å². The molecule has 0 saturated heterocycles. The van der Waals surface area contributed by atoms with Crippen molar-refractivity contribution in [2.75, 3.05) is 6.54 Å². The SMILES string of the molecule is CCCCN(C(=O)C(F)(F)F)P(c1ccccc1)c1ccccc1. The van der Waals surface area contributed by atoms with Gasteiger partial charge >= 0.3 is 12.1 Å². The summed E-state index contributed by atoms with van der Waals surface area (Å²) in [5.74, 6) is -1.77. The summed E-state index contributed by atoms with van der Waals surface area (Å²) in [5.41, 5.74) is 0. The molecule has 0 radical (unpaired) electrons.